The molecule has 0 saturated carbocycles. The van der Waals surface area contributed by atoms with Crippen LogP contribution in [0.3, 0.4) is 0 Å². The zero-order valence-electron chi connectivity index (χ0n) is 9.47. The first-order valence-electron chi connectivity index (χ1n) is 4.96. The molecule has 3 aromatic heterocycles. The van der Waals surface area contributed by atoms with E-state index in [-0.39, 0.29) is 0 Å². The molecule has 0 spiro atoms. The number of fused-ring (bicyclic) bond motifs is 1. The summed E-state index contributed by atoms with van der Waals surface area (Å²) in [6, 6.07) is 0. The molecule has 3 aromatic rings. The number of hydrogen-bond donors (Lipinski definition) is 0. The zero-order valence-corrected chi connectivity index (χ0v) is 11.0. The number of nitrogens with zero attached hydrogens (tertiary/aromatic N) is 6. The number of rotatable bonds is 1. The van der Waals surface area contributed by atoms with Crippen LogP contribution in [0.15, 0.2) is 0 Å². The summed E-state index contributed by atoms with van der Waals surface area (Å²) in [4.78, 5) is 0.757. The van der Waals surface area contributed by atoms with Crippen LogP contribution in [-0.4, -0.2) is 29.6 Å². The quantitative estimate of drug-likeness (QED) is 0.676. The number of aromatic nitrogens is 6. The Balaban J connectivity index is 2.26. The van der Waals surface area contributed by atoms with E-state index in [4.69, 9.17) is 11.6 Å². The van der Waals surface area contributed by atoms with Crippen LogP contribution in [-0.2, 0) is 7.05 Å². The Labute approximate surface area is 106 Å². The lowest BCUT2D eigenvalue weighted by molar-refractivity contribution is 0.760. The number of halogens is 1. The summed E-state index contributed by atoms with van der Waals surface area (Å²) in [5.41, 5.74) is 1.62. The lowest BCUT2D eigenvalue weighted by Gasteiger charge is -1.96. The van der Waals surface area contributed by atoms with Crippen LogP contribution in [0.1, 0.15) is 11.5 Å². The van der Waals surface area contributed by atoms with E-state index in [9.17, 15) is 0 Å². The summed E-state index contributed by atoms with van der Waals surface area (Å²) >= 11 is 7.67. The fourth-order valence-electron chi connectivity index (χ4n) is 1.68. The van der Waals surface area contributed by atoms with Crippen molar-refractivity contribution in [2.75, 3.05) is 0 Å². The second kappa shape index (κ2) is 3.51. The topological polar surface area (TPSA) is 60.9 Å². The van der Waals surface area contributed by atoms with E-state index >= 15 is 0 Å². The lowest BCUT2D eigenvalue weighted by Crippen LogP contribution is -1.95. The van der Waals surface area contributed by atoms with E-state index in [1.165, 1.54) is 11.3 Å². The molecule has 0 aliphatic carbocycles. The molecule has 0 amide bonds. The van der Waals surface area contributed by atoms with Gasteiger partial charge in [0.25, 0.3) is 0 Å². The molecule has 0 aliphatic heterocycles. The molecule has 88 valence electrons. The average molecular weight is 269 g/mol. The molecule has 0 radical (unpaired) electrons. The predicted octanol–water partition coefficient (Wildman–Crippen LogP) is 1.86. The molecule has 17 heavy (non-hydrogen) atoms. The third-order valence-electron chi connectivity index (χ3n) is 2.50. The minimum Gasteiger partial charge on any atom is -0.264 e. The van der Waals surface area contributed by atoms with Gasteiger partial charge in [0.05, 0.1) is 10.7 Å². The number of hydrogen-bond acceptors (Lipinski definition) is 5. The monoisotopic (exact) mass is 268 g/mol. The van der Waals surface area contributed by atoms with Crippen molar-refractivity contribution in [3.8, 4) is 10.7 Å². The molecule has 8 heteroatoms. The highest BCUT2D eigenvalue weighted by Crippen LogP contribution is 2.32. The van der Waals surface area contributed by atoms with Gasteiger partial charge in [-0.3, -0.25) is 4.68 Å². The van der Waals surface area contributed by atoms with Gasteiger partial charge in [-0.05, 0) is 13.8 Å². The molecule has 0 unspecified atom stereocenters. The van der Waals surface area contributed by atoms with Gasteiger partial charge >= 0.3 is 0 Å². The average Bonchev–Trinajstić information content (AvgIpc) is 2.87. The van der Waals surface area contributed by atoms with Crippen molar-refractivity contribution < 1.29 is 0 Å². The largest absolute Gasteiger partial charge is 0.264 e. The Morgan fingerprint density at radius 1 is 1.18 bits per heavy atom. The van der Waals surface area contributed by atoms with Crippen LogP contribution in [0.4, 0.5) is 0 Å². The minimum absolute atomic E-state index is 0.634. The zero-order chi connectivity index (χ0) is 12.2. The van der Waals surface area contributed by atoms with Crippen molar-refractivity contribution in [3.05, 3.63) is 16.5 Å². The molecule has 0 bridgehead atoms. The fourth-order valence-corrected chi connectivity index (χ4v) is 2.95. The lowest BCUT2D eigenvalue weighted by atomic mass is 10.4. The van der Waals surface area contributed by atoms with Gasteiger partial charge in [-0.2, -0.15) is 14.7 Å². The minimum atomic E-state index is 0.634. The van der Waals surface area contributed by atoms with Crippen molar-refractivity contribution in [1.82, 2.24) is 29.6 Å². The molecule has 3 rings (SSSR count). The maximum atomic E-state index is 6.22. The maximum absolute atomic E-state index is 6.22. The molecular weight excluding hydrogens is 260 g/mol. The van der Waals surface area contributed by atoms with Crippen molar-refractivity contribution in [2.45, 2.75) is 13.8 Å². The van der Waals surface area contributed by atoms with Gasteiger partial charge in [0, 0.05) is 7.05 Å². The SMILES string of the molecule is Cc1nn(C)c(-c2nn3c(C)nnc3s2)c1Cl. The van der Waals surface area contributed by atoms with Gasteiger partial charge in [-0.15, -0.1) is 10.2 Å². The van der Waals surface area contributed by atoms with Gasteiger partial charge in [-0.25, -0.2) is 0 Å². The van der Waals surface area contributed by atoms with E-state index in [1.807, 2.05) is 20.9 Å². The third kappa shape index (κ3) is 1.46. The summed E-state index contributed by atoms with van der Waals surface area (Å²) in [5, 5.41) is 18.1. The smallest absolute Gasteiger partial charge is 0.235 e. The van der Waals surface area contributed by atoms with Crippen molar-refractivity contribution in [3.63, 3.8) is 0 Å². The molecule has 6 nitrogen and oxygen atoms in total. The maximum Gasteiger partial charge on any atom is 0.235 e. The first-order valence-corrected chi connectivity index (χ1v) is 6.15. The van der Waals surface area contributed by atoms with Crippen LogP contribution >= 0.6 is 22.9 Å². The molecule has 0 fully saturated rings. The van der Waals surface area contributed by atoms with Crippen molar-refractivity contribution >= 4 is 27.9 Å². The van der Waals surface area contributed by atoms with Gasteiger partial charge in [0.15, 0.2) is 10.8 Å². The van der Waals surface area contributed by atoms with E-state index in [0.29, 0.717) is 5.02 Å². The Bertz CT molecular complexity index is 709. The third-order valence-corrected chi connectivity index (χ3v) is 3.86. The number of aryl methyl sites for hydroxylation is 3. The van der Waals surface area contributed by atoms with Gasteiger partial charge < -0.3 is 0 Å². The Hall–Kier alpha value is -1.47. The van der Waals surface area contributed by atoms with E-state index in [1.54, 1.807) is 9.20 Å². The summed E-state index contributed by atoms with van der Waals surface area (Å²) in [6.07, 6.45) is 0. The molecule has 3 heterocycles. The Kier molecular flexibility index (Phi) is 2.20. The highest BCUT2D eigenvalue weighted by Gasteiger charge is 2.18. The van der Waals surface area contributed by atoms with Crippen LogP contribution in [0.25, 0.3) is 15.7 Å². The Morgan fingerprint density at radius 3 is 2.53 bits per heavy atom. The summed E-state index contributed by atoms with van der Waals surface area (Å²) < 4.78 is 3.44. The highest BCUT2D eigenvalue weighted by atomic mass is 35.5. The van der Waals surface area contributed by atoms with E-state index in [0.717, 1.165) is 27.2 Å². The van der Waals surface area contributed by atoms with Crippen LogP contribution < -0.4 is 0 Å². The molecule has 0 saturated heterocycles. The van der Waals surface area contributed by atoms with Crippen LogP contribution in [0.5, 0.6) is 0 Å². The van der Waals surface area contributed by atoms with Crippen molar-refractivity contribution in [1.29, 1.82) is 0 Å². The van der Waals surface area contributed by atoms with Gasteiger partial charge in [-0.1, -0.05) is 22.9 Å². The fraction of sp³-hybridized carbons (Fsp3) is 0.333. The van der Waals surface area contributed by atoms with Crippen LogP contribution in [0.2, 0.25) is 5.02 Å². The van der Waals surface area contributed by atoms with Gasteiger partial charge in [0.1, 0.15) is 5.69 Å². The first-order chi connectivity index (χ1) is 8.08. The van der Waals surface area contributed by atoms with E-state index in [2.05, 4.69) is 20.4 Å². The van der Waals surface area contributed by atoms with E-state index < -0.39 is 0 Å². The highest BCUT2D eigenvalue weighted by molar-refractivity contribution is 7.19. The Morgan fingerprint density at radius 2 is 1.94 bits per heavy atom. The molecule has 0 atom stereocenters. The normalized spacial score (nSPS) is 11.5. The second-order valence-electron chi connectivity index (χ2n) is 3.72. The molecule has 0 aromatic carbocycles. The standard InChI is InChI=1S/C9H9ClN6S/c1-4-6(10)7(15(3)13-4)8-14-16-5(2)11-12-9(16)17-8/h1-3H3. The summed E-state index contributed by atoms with van der Waals surface area (Å²) in [5.74, 6) is 0.762. The molecule has 0 aliphatic rings. The summed E-state index contributed by atoms with van der Waals surface area (Å²) in [7, 11) is 1.85. The molecule has 0 N–H and O–H groups in total. The van der Waals surface area contributed by atoms with Gasteiger partial charge in [0.2, 0.25) is 4.96 Å². The first kappa shape index (κ1) is 10.7. The summed E-state index contributed by atoms with van der Waals surface area (Å²) in [6.45, 7) is 3.73. The predicted molar refractivity (Wildman–Crippen MR) is 65.3 cm³/mol. The van der Waals surface area contributed by atoms with Crippen molar-refractivity contribution in [2.24, 2.45) is 7.05 Å². The van der Waals surface area contributed by atoms with Crippen LogP contribution in [0, 0.1) is 13.8 Å². The molecular formula is C9H9ClN6S. The second-order valence-corrected chi connectivity index (χ2v) is 5.05.